The highest BCUT2D eigenvalue weighted by molar-refractivity contribution is 6.01. The summed E-state index contributed by atoms with van der Waals surface area (Å²) in [6.07, 6.45) is 3.68. The lowest BCUT2D eigenvalue weighted by Crippen LogP contribution is -2.26. The smallest absolute Gasteiger partial charge is 0.262 e. The zero-order valence-electron chi connectivity index (χ0n) is 11.3. The Morgan fingerprint density at radius 1 is 1.37 bits per heavy atom. The SMILES string of the molecule is CC(C)c1ccc(C=C(C#N)C(=O)NC2CC2)cc1. The number of benzene rings is 1. The average molecular weight is 254 g/mol. The molecule has 0 aliphatic heterocycles. The van der Waals surface area contributed by atoms with Crippen LogP contribution in [-0.2, 0) is 4.79 Å². The third-order valence-electron chi connectivity index (χ3n) is 3.19. The van der Waals surface area contributed by atoms with Crippen LogP contribution in [0.5, 0.6) is 0 Å². The summed E-state index contributed by atoms with van der Waals surface area (Å²) < 4.78 is 0. The Hall–Kier alpha value is -2.08. The van der Waals surface area contributed by atoms with Crippen LogP contribution in [0.4, 0.5) is 0 Å². The molecule has 0 unspecified atom stereocenters. The normalized spacial score (nSPS) is 15.2. The van der Waals surface area contributed by atoms with E-state index < -0.39 is 0 Å². The first-order valence-corrected chi connectivity index (χ1v) is 6.62. The molecule has 1 aliphatic carbocycles. The molecule has 1 aromatic rings. The van der Waals surface area contributed by atoms with Gasteiger partial charge in [-0.3, -0.25) is 4.79 Å². The van der Waals surface area contributed by atoms with Crippen LogP contribution in [0.2, 0.25) is 0 Å². The van der Waals surface area contributed by atoms with Crippen molar-refractivity contribution in [2.24, 2.45) is 0 Å². The lowest BCUT2D eigenvalue weighted by Gasteiger charge is -2.05. The second-order valence-corrected chi connectivity index (χ2v) is 5.24. The molecule has 2 rings (SSSR count). The van der Waals surface area contributed by atoms with Crippen LogP contribution >= 0.6 is 0 Å². The van der Waals surface area contributed by atoms with E-state index in [1.165, 1.54) is 5.56 Å². The number of hydrogen-bond acceptors (Lipinski definition) is 2. The molecule has 98 valence electrons. The van der Waals surface area contributed by atoms with Crippen LogP contribution < -0.4 is 5.32 Å². The minimum absolute atomic E-state index is 0.171. The Labute approximate surface area is 113 Å². The van der Waals surface area contributed by atoms with Crippen molar-refractivity contribution < 1.29 is 4.79 Å². The highest BCUT2D eigenvalue weighted by atomic mass is 16.1. The Bertz CT molecular complexity index is 531. The summed E-state index contributed by atoms with van der Waals surface area (Å²) in [5, 5.41) is 11.9. The Kier molecular flexibility index (Phi) is 4.01. The van der Waals surface area contributed by atoms with Gasteiger partial charge in [0.25, 0.3) is 5.91 Å². The Balaban J connectivity index is 2.12. The molecule has 1 amide bonds. The second kappa shape index (κ2) is 5.71. The molecule has 1 fully saturated rings. The molecule has 1 aromatic carbocycles. The number of rotatable bonds is 4. The van der Waals surface area contributed by atoms with E-state index in [9.17, 15) is 4.79 Å². The van der Waals surface area contributed by atoms with Crippen molar-refractivity contribution >= 4 is 12.0 Å². The standard InChI is InChI=1S/C16H18N2O/c1-11(2)13-5-3-12(4-6-13)9-14(10-17)16(19)18-15-7-8-15/h3-6,9,11,15H,7-8H2,1-2H3,(H,18,19). The topological polar surface area (TPSA) is 52.9 Å². The van der Waals surface area contributed by atoms with Crippen molar-refractivity contribution in [3.05, 3.63) is 41.0 Å². The van der Waals surface area contributed by atoms with E-state index in [4.69, 9.17) is 5.26 Å². The first kappa shape index (κ1) is 13.4. The van der Waals surface area contributed by atoms with E-state index >= 15 is 0 Å². The van der Waals surface area contributed by atoms with Gasteiger partial charge in [0.2, 0.25) is 0 Å². The quantitative estimate of drug-likeness (QED) is 0.663. The van der Waals surface area contributed by atoms with Gasteiger partial charge in [0.05, 0.1) is 0 Å². The van der Waals surface area contributed by atoms with Crippen molar-refractivity contribution in [1.82, 2.24) is 5.32 Å². The van der Waals surface area contributed by atoms with E-state index in [0.29, 0.717) is 5.92 Å². The molecule has 1 N–H and O–H groups in total. The molecule has 3 heteroatoms. The third-order valence-corrected chi connectivity index (χ3v) is 3.19. The zero-order chi connectivity index (χ0) is 13.8. The second-order valence-electron chi connectivity index (χ2n) is 5.24. The van der Waals surface area contributed by atoms with Crippen LogP contribution in [0.25, 0.3) is 6.08 Å². The summed E-state index contributed by atoms with van der Waals surface area (Å²) in [4.78, 5) is 11.8. The van der Waals surface area contributed by atoms with Crippen molar-refractivity contribution in [1.29, 1.82) is 5.26 Å². The molecular formula is C16H18N2O. The highest BCUT2D eigenvalue weighted by Crippen LogP contribution is 2.20. The first-order valence-electron chi connectivity index (χ1n) is 6.62. The molecule has 1 saturated carbocycles. The maximum absolute atomic E-state index is 11.8. The number of carbonyl (C=O) groups is 1. The van der Waals surface area contributed by atoms with Crippen LogP contribution in [0.1, 0.15) is 43.7 Å². The minimum Gasteiger partial charge on any atom is -0.349 e. The monoisotopic (exact) mass is 254 g/mol. The molecule has 0 bridgehead atoms. The average Bonchev–Trinajstić information content (AvgIpc) is 3.20. The van der Waals surface area contributed by atoms with Crippen molar-refractivity contribution in [2.75, 3.05) is 0 Å². The predicted molar refractivity (Wildman–Crippen MR) is 75.3 cm³/mol. The first-order chi connectivity index (χ1) is 9.10. The molecule has 0 radical (unpaired) electrons. The molecular weight excluding hydrogens is 236 g/mol. The Morgan fingerprint density at radius 2 is 2.00 bits per heavy atom. The summed E-state index contributed by atoms with van der Waals surface area (Å²) in [7, 11) is 0. The number of carbonyl (C=O) groups excluding carboxylic acids is 1. The van der Waals surface area contributed by atoms with Crippen LogP contribution in [0.15, 0.2) is 29.8 Å². The third kappa shape index (κ3) is 3.69. The molecule has 3 nitrogen and oxygen atoms in total. The van der Waals surface area contributed by atoms with Gasteiger partial charge < -0.3 is 5.32 Å². The highest BCUT2D eigenvalue weighted by Gasteiger charge is 2.24. The van der Waals surface area contributed by atoms with Gasteiger partial charge in [0.15, 0.2) is 0 Å². The van der Waals surface area contributed by atoms with Crippen LogP contribution in [0, 0.1) is 11.3 Å². The van der Waals surface area contributed by atoms with E-state index in [1.54, 1.807) is 6.08 Å². The number of nitriles is 1. The lowest BCUT2D eigenvalue weighted by atomic mass is 10.0. The molecule has 0 heterocycles. The van der Waals surface area contributed by atoms with Crippen molar-refractivity contribution in [3.8, 4) is 6.07 Å². The van der Waals surface area contributed by atoms with Crippen molar-refractivity contribution in [3.63, 3.8) is 0 Å². The van der Waals surface area contributed by atoms with Gasteiger partial charge in [-0.15, -0.1) is 0 Å². The van der Waals surface area contributed by atoms with Gasteiger partial charge in [-0.2, -0.15) is 5.26 Å². The summed E-state index contributed by atoms with van der Waals surface area (Å²) in [6, 6.07) is 10.2. The van der Waals surface area contributed by atoms with E-state index in [1.807, 2.05) is 30.3 Å². The van der Waals surface area contributed by atoms with Gasteiger partial charge in [-0.05, 0) is 36.0 Å². The maximum atomic E-state index is 11.8. The van der Waals surface area contributed by atoms with Gasteiger partial charge in [0, 0.05) is 6.04 Å². The van der Waals surface area contributed by atoms with Gasteiger partial charge >= 0.3 is 0 Å². The van der Waals surface area contributed by atoms with Crippen molar-refractivity contribution in [2.45, 2.75) is 38.6 Å². The van der Waals surface area contributed by atoms with E-state index in [2.05, 4.69) is 19.2 Å². The molecule has 0 atom stereocenters. The van der Waals surface area contributed by atoms with E-state index in [-0.39, 0.29) is 17.5 Å². The summed E-state index contributed by atoms with van der Waals surface area (Å²) in [5.74, 6) is 0.213. The fourth-order valence-corrected chi connectivity index (χ4v) is 1.78. The molecule has 19 heavy (non-hydrogen) atoms. The fraction of sp³-hybridized carbons (Fsp3) is 0.375. The fourth-order valence-electron chi connectivity index (χ4n) is 1.78. The summed E-state index contributed by atoms with van der Waals surface area (Å²) >= 11 is 0. The molecule has 1 aliphatic rings. The summed E-state index contributed by atoms with van der Waals surface area (Å²) in [6.45, 7) is 4.27. The molecule has 0 saturated heterocycles. The largest absolute Gasteiger partial charge is 0.349 e. The number of amides is 1. The lowest BCUT2D eigenvalue weighted by molar-refractivity contribution is -0.117. The van der Waals surface area contributed by atoms with Gasteiger partial charge in [0.1, 0.15) is 11.6 Å². The number of nitrogens with one attached hydrogen (secondary N) is 1. The van der Waals surface area contributed by atoms with Gasteiger partial charge in [-0.25, -0.2) is 0 Å². The molecule has 0 aromatic heterocycles. The zero-order valence-corrected chi connectivity index (χ0v) is 11.3. The van der Waals surface area contributed by atoms with Crippen LogP contribution in [-0.4, -0.2) is 11.9 Å². The predicted octanol–water partition coefficient (Wildman–Crippen LogP) is 3.00. The Morgan fingerprint density at radius 3 is 2.47 bits per heavy atom. The number of nitrogens with zero attached hydrogens (tertiary/aromatic N) is 1. The molecule has 0 spiro atoms. The number of hydrogen-bond donors (Lipinski definition) is 1. The van der Waals surface area contributed by atoms with Gasteiger partial charge in [-0.1, -0.05) is 38.1 Å². The minimum atomic E-state index is -0.266. The summed E-state index contributed by atoms with van der Waals surface area (Å²) in [5.41, 5.74) is 2.30. The van der Waals surface area contributed by atoms with Crippen LogP contribution in [0.3, 0.4) is 0 Å². The van der Waals surface area contributed by atoms with E-state index in [0.717, 1.165) is 18.4 Å². The maximum Gasteiger partial charge on any atom is 0.262 e.